The summed E-state index contributed by atoms with van der Waals surface area (Å²) in [6.07, 6.45) is 4.75. The number of rotatable bonds is 6. The van der Waals surface area contributed by atoms with E-state index < -0.39 is 0 Å². The van der Waals surface area contributed by atoms with Crippen LogP contribution in [0.5, 0.6) is 5.75 Å². The van der Waals surface area contributed by atoms with Crippen LogP contribution in [-0.2, 0) is 0 Å². The van der Waals surface area contributed by atoms with E-state index in [-0.39, 0.29) is 24.7 Å². The Hall–Kier alpha value is -1.10. The van der Waals surface area contributed by atoms with Crippen LogP contribution in [0.1, 0.15) is 36.0 Å². The number of piperidine rings is 1. The number of halogens is 1. The molecule has 112 valence electrons. The molecule has 1 aromatic carbocycles. The van der Waals surface area contributed by atoms with E-state index in [9.17, 15) is 4.79 Å². The average molecular weight is 299 g/mol. The van der Waals surface area contributed by atoms with E-state index in [2.05, 4.69) is 5.32 Å². The molecule has 20 heavy (non-hydrogen) atoms. The molecular formula is C15H23ClN2O2. The summed E-state index contributed by atoms with van der Waals surface area (Å²) in [5.41, 5.74) is 5.99. The van der Waals surface area contributed by atoms with Gasteiger partial charge >= 0.3 is 0 Å². The molecule has 1 heterocycles. The summed E-state index contributed by atoms with van der Waals surface area (Å²) in [4.78, 5) is 11.7. The number of nitrogens with one attached hydrogen (secondary N) is 1. The first-order valence-electron chi connectivity index (χ1n) is 6.99. The first-order valence-corrected chi connectivity index (χ1v) is 6.99. The van der Waals surface area contributed by atoms with Crippen molar-refractivity contribution in [3.8, 4) is 5.75 Å². The van der Waals surface area contributed by atoms with E-state index in [0.717, 1.165) is 13.0 Å². The first-order chi connectivity index (χ1) is 9.31. The Bertz CT molecular complexity index is 420. The van der Waals surface area contributed by atoms with Gasteiger partial charge in [-0.15, -0.1) is 12.4 Å². The number of benzene rings is 1. The molecule has 5 heteroatoms. The number of para-hydroxylation sites is 1. The van der Waals surface area contributed by atoms with Crippen molar-refractivity contribution in [3.63, 3.8) is 0 Å². The standard InChI is InChI=1S/C15H22N2O2.ClH/c16-11-14(18)13-6-1-2-7-15(13)19-10-8-12-5-3-4-9-17-12;/h1-2,6-7,12,17H,3-5,8-11,16H2;1H. The number of ketones is 1. The van der Waals surface area contributed by atoms with Crippen molar-refractivity contribution < 1.29 is 9.53 Å². The van der Waals surface area contributed by atoms with Crippen molar-refractivity contribution in [1.82, 2.24) is 5.32 Å². The number of nitrogens with two attached hydrogens (primary N) is 1. The normalized spacial score (nSPS) is 18.1. The molecule has 1 saturated heterocycles. The smallest absolute Gasteiger partial charge is 0.180 e. The highest BCUT2D eigenvalue weighted by Gasteiger charge is 2.14. The van der Waals surface area contributed by atoms with Gasteiger partial charge in [0.25, 0.3) is 0 Å². The van der Waals surface area contributed by atoms with E-state index in [4.69, 9.17) is 10.5 Å². The number of carbonyl (C=O) groups excluding carboxylic acids is 1. The Morgan fingerprint density at radius 1 is 1.35 bits per heavy atom. The van der Waals surface area contributed by atoms with E-state index in [1.807, 2.05) is 18.2 Å². The summed E-state index contributed by atoms with van der Waals surface area (Å²) in [6.45, 7) is 1.75. The van der Waals surface area contributed by atoms with Crippen LogP contribution in [0.25, 0.3) is 0 Å². The van der Waals surface area contributed by atoms with Gasteiger partial charge in [-0.2, -0.15) is 0 Å². The molecule has 0 bridgehead atoms. The molecule has 0 spiro atoms. The highest BCUT2D eigenvalue weighted by atomic mass is 35.5. The number of hydrogen-bond acceptors (Lipinski definition) is 4. The average Bonchev–Trinajstić information content (AvgIpc) is 2.48. The van der Waals surface area contributed by atoms with Crippen molar-refractivity contribution in [2.45, 2.75) is 31.7 Å². The Morgan fingerprint density at radius 3 is 2.85 bits per heavy atom. The molecule has 1 fully saturated rings. The maximum absolute atomic E-state index is 11.7. The molecular weight excluding hydrogens is 276 g/mol. The Kier molecular flexibility index (Phi) is 7.59. The lowest BCUT2D eigenvalue weighted by Crippen LogP contribution is -2.35. The maximum atomic E-state index is 11.7. The first kappa shape index (κ1) is 17.0. The van der Waals surface area contributed by atoms with Gasteiger partial charge in [0.15, 0.2) is 5.78 Å². The van der Waals surface area contributed by atoms with Gasteiger partial charge in [0.2, 0.25) is 0 Å². The predicted molar refractivity (Wildman–Crippen MR) is 82.8 cm³/mol. The van der Waals surface area contributed by atoms with E-state index >= 15 is 0 Å². The van der Waals surface area contributed by atoms with Gasteiger partial charge in [-0.05, 0) is 37.9 Å². The Balaban J connectivity index is 0.00000200. The number of hydrogen-bond donors (Lipinski definition) is 2. The third kappa shape index (κ3) is 4.78. The van der Waals surface area contributed by atoms with Crippen LogP contribution < -0.4 is 15.8 Å². The molecule has 1 aliphatic heterocycles. The van der Waals surface area contributed by atoms with E-state index in [1.54, 1.807) is 6.07 Å². The molecule has 1 aromatic rings. The summed E-state index contributed by atoms with van der Waals surface area (Å²) in [5, 5.41) is 3.49. The molecule has 1 unspecified atom stereocenters. The SMILES string of the molecule is Cl.NCC(=O)c1ccccc1OCCC1CCCCN1. The lowest BCUT2D eigenvalue weighted by molar-refractivity contribution is 0.0997. The molecule has 0 saturated carbocycles. The Morgan fingerprint density at radius 2 is 2.15 bits per heavy atom. The minimum absolute atomic E-state index is 0. The number of carbonyl (C=O) groups is 1. The number of ether oxygens (including phenoxy) is 1. The van der Waals surface area contributed by atoms with Gasteiger partial charge in [-0.1, -0.05) is 18.6 Å². The molecule has 1 aliphatic rings. The van der Waals surface area contributed by atoms with Crippen LogP contribution in [-0.4, -0.2) is 31.5 Å². The molecule has 3 N–H and O–H groups in total. The topological polar surface area (TPSA) is 64.4 Å². The molecule has 0 amide bonds. The third-order valence-corrected chi connectivity index (χ3v) is 3.51. The lowest BCUT2D eigenvalue weighted by Gasteiger charge is -2.23. The second-order valence-electron chi connectivity index (χ2n) is 4.91. The maximum Gasteiger partial charge on any atom is 0.180 e. The van der Waals surface area contributed by atoms with Crippen molar-refractivity contribution in [2.24, 2.45) is 5.73 Å². The third-order valence-electron chi connectivity index (χ3n) is 3.51. The van der Waals surface area contributed by atoms with Gasteiger partial charge in [0.05, 0.1) is 18.7 Å². The second-order valence-corrected chi connectivity index (χ2v) is 4.91. The lowest BCUT2D eigenvalue weighted by atomic mass is 10.0. The van der Waals surface area contributed by atoms with Gasteiger partial charge < -0.3 is 15.8 Å². The van der Waals surface area contributed by atoms with E-state index in [1.165, 1.54) is 19.3 Å². The summed E-state index contributed by atoms with van der Waals surface area (Å²) in [6, 6.07) is 7.85. The zero-order valence-electron chi connectivity index (χ0n) is 11.6. The highest BCUT2D eigenvalue weighted by Crippen LogP contribution is 2.19. The van der Waals surface area contributed by atoms with Crippen LogP contribution in [0, 0.1) is 0 Å². The molecule has 1 atom stereocenters. The van der Waals surface area contributed by atoms with Crippen LogP contribution in [0.15, 0.2) is 24.3 Å². The second kappa shape index (κ2) is 8.95. The van der Waals surface area contributed by atoms with E-state index in [0.29, 0.717) is 24.0 Å². The van der Waals surface area contributed by atoms with Crippen molar-refractivity contribution >= 4 is 18.2 Å². The monoisotopic (exact) mass is 298 g/mol. The summed E-state index contributed by atoms with van der Waals surface area (Å²) >= 11 is 0. The molecule has 2 rings (SSSR count). The minimum Gasteiger partial charge on any atom is -0.493 e. The molecule has 0 aliphatic carbocycles. The number of Topliss-reactive ketones (excluding diaryl/α,β-unsaturated/α-hetero) is 1. The van der Waals surface area contributed by atoms with Crippen molar-refractivity contribution in [2.75, 3.05) is 19.7 Å². The summed E-state index contributed by atoms with van der Waals surface area (Å²) in [5.74, 6) is 0.570. The fourth-order valence-corrected chi connectivity index (χ4v) is 2.41. The van der Waals surface area contributed by atoms with Crippen LogP contribution >= 0.6 is 12.4 Å². The van der Waals surface area contributed by atoms with Gasteiger partial charge in [0, 0.05) is 6.04 Å². The van der Waals surface area contributed by atoms with Crippen LogP contribution in [0.2, 0.25) is 0 Å². The molecule has 4 nitrogen and oxygen atoms in total. The predicted octanol–water partition coefficient (Wildman–Crippen LogP) is 2.16. The highest BCUT2D eigenvalue weighted by molar-refractivity contribution is 5.99. The summed E-state index contributed by atoms with van der Waals surface area (Å²) in [7, 11) is 0. The van der Waals surface area contributed by atoms with Crippen molar-refractivity contribution in [1.29, 1.82) is 0 Å². The minimum atomic E-state index is -0.0774. The largest absolute Gasteiger partial charge is 0.493 e. The molecule has 0 radical (unpaired) electrons. The van der Waals surface area contributed by atoms with Gasteiger partial charge in [-0.25, -0.2) is 0 Å². The fourth-order valence-electron chi connectivity index (χ4n) is 2.41. The van der Waals surface area contributed by atoms with Crippen LogP contribution in [0.4, 0.5) is 0 Å². The molecule has 0 aromatic heterocycles. The van der Waals surface area contributed by atoms with Crippen molar-refractivity contribution in [3.05, 3.63) is 29.8 Å². The fraction of sp³-hybridized carbons (Fsp3) is 0.533. The van der Waals surface area contributed by atoms with Crippen LogP contribution in [0.3, 0.4) is 0 Å². The van der Waals surface area contributed by atoms with Gasteiger partial charge in [0.1, 0.15) is 5.75 Å². The Labute approximate surface area is 126 Å². The summed E-state index contributed by atoms with van der Waals surface area (Å²) < 4.78 is 5.75. The zero-order chi connectivity index (χ0) is 13.5. The zero-order valence-corrected chi connectivity index (χ0v) is 12.5. The van der Waals surface area contributed by atoms with Gasteiger partial charge in [-0.3, -0.25) is 4.79 Å². The quantitative estimate of drug-likeness (QED) is 0.790.